The maximum atomic E-state index is 13.6. The lowest BCUT2D eigenvalue weighted by atomic mass is 10.1. The van der Waals surface area contributed by atoms with Crippen molar-refractivity contribution in [2.24, 2.45) is 5.10 Å². The van der Waals surface area contributed by atoms with Gasteiger partial charge in [0, 0.05) is 0 Å². The molecule has 100 valence electrons. The molecule has 0 bridgehead atoms. The maximum Gasteiger partial charge on any atom is 0.216 e. The van der Waals surface area contributed by atoms with Gasteiger partial charge in [0.1, 0.15) is 23.7 Å². The third-order valence-electron chi connectivity index (χ3n) is 2.61. The van der Waals surface area contributed by atoms with Gasteiger partial charge in [0.25, 0.3) is 0 Å². The van der Waals surface area contributed by atoms with Gasteiger partial charge < -0.3 is 4.42 Å². The van der Waals surface area contributed by atoms with Crippen molar-refractivity contribution in [3.8, 4) is 11.3 Å². The van der Waals surface area contributed by atoms with Gasteiger partial charge in [-0.3, -0.25) is 5.10 Å². The summed E-state index contributed by atoms with van der Waals surface area (Å²) >= 11 is 4.95. The van der Waals surface area contributed by atoms with Crippen LogP contribution in [0.1, 0.15) is 5.76 Å². The van der Waals surface area contributed by atoms with Gasteiger partial charge >= 0.3 is 0 Å². The molecule has 0 saturated carbocycles. The Morgan fingerprint density at radius 2 is 2.15 bits per heavy atom. The molecule has 0 amide bonds. The van der Waals surface area contributed by atoms with Crippen molar-refractivity contribution in [1.29, 1.82) is 0 Å². The van der Waals surface area contributed by atoms with Crippen molar-refractivity contribution in [1.82, 2.24) is 14.9 Å². The van der Waals surface area contributed by atoms with Crippen molar-refractivity contribution in [3.63, 3.8) is 0 Å². The molecule has 7 heteroatoms. The van der Waals surface area contributed by atoms with E-state index in [0.29, 0.717) is 21.9 Å². The van der Waals surface area contributed by atoms with E-state index in [4.69, 9.17) is 16.6 Å². The second-order valence-electron chi connectivity index (χ2n) is 3.93. The molecule has 1 N–H and O–H groups in total. The number of H-pyrrole nitrogens is 1. The van der Waals surface area contributed by atoms with E-state index in [0.717, 1.165) is 0 Å². The van der Waals surface area contributed by atoms with Gasteiger partial charge in [-0.25, -0.2) is 4.39 Å². The second kappa shape index (κ2) is 5.22. The van der Waals surface area contributed by atoms with Crippen LogP contribution in [0.25, 0.3) is 11.3 Å². The molecule has 2 aromatic heterocycles. The normalized spacial score (nSPS) is 11.2. The van der Waals surface area contributed by atoms with Crippen molar-refractivity contribution in [2.75, 3.05) is 0 Å². The second-order valence-corrected chi connectivity index (χ2v) is 4.32. The molecule has 5 nitrogen and oxygen atoms in total. The zero-order chi connectivity index (χ0) is 13.9. The van der Waals surface area contributed by atoms with Crippen LogP contribution < -0.4 is 0 Å². The van der Waals surface area contributed by atoms with Gasteiger partial charge in [-0.15, -0.1) is 0 Å². The van der Waals surface area contributed by atoms with Crippen LogP contribution in [0.4, 0.5) is 4.39 Å². The lowest BCUT2D eigenvalue weighted by Crippen LogP contribution is -1.87. The number of hydrogen-bond acceptors (Lipinski definition) is 4. The van der Waals surface area contributed by atoms with Crippen molar-refractivity contribution in [3.05, 3.63) is 59.1 Å². The zero-order valence-corrected chi connectivity index (χ0v) is 11.0. The summed E-state index contributed by atoms with van der Waals surface area (Å²) in [6, 6.07) is 9.81. The standard InChI is InChI=1S/C13H9FN4OS/c14-11-4-2-1-3-10(11)12-6-5-9(19-12)7-16-18-8-15-17-13(18)20/h1-8H,(H,17,20)/b16-7-. The molecule has 1 aromatic carbocycles. The highest BCUT2D eigenvalue weighted by Gasteiger charge is 2.08. The van der Waals surface area contributed by atoms with Gasteiger partial charge in [-0.2, -0.15) is 14.9 Å². The lowest BCUT2D eigenvalue weighted by Gasteiger charge is -1.97. The molecule has 0 fully saturated rings. The van der Waals surface area contributed by atoms with Crippen LogP contribution in [0.3, 0.4) is 0 Å². The van der Waals surface area contributed by atoms with E-state index < -0.39 is 0 Å². The van der Waals surface area contributed by atoms with Crippen LogP contribution in [-0.2, 0) is 0 Å². The quantitative estimate of drug-likeness (QED) is 0.594. The monoisotopic (exact) mass is 288 g/mol. The summed E-state index contributed by atoms with van der Waals surface area (Å²) < 4.78 is 20.9. The highest BCUT2D eigenvalue weighted by Crippen LogP contribution is 2.24. The fraction of sp³-hybridized carbons (Fsp3) is 0. The van der Waals surface area contributed by atoms with Gasteiger partial charge in [0.15, 0.2) is 0 Å². The molecule has 0 aliphatic heterocycles. The van der Waals surface area contributed by atoms with E-state index in [-0.39, 0.29) is 5.82 Å². The molecule has 3 aromatic rings. The Balaban J connectivity index is 1.88. The molecule has 0 spiro atoms. The van der Waals surface area contributed by atoms with E-state index in [9.17, 15) is 4.39 Å². The van der Waals surface area contributed by atoms with Crippen LogP contribution in [0.2, 0.25) is 0 Å². The summed E-state index contributed by atoms with van der Waals surface area (Å²) in [7, 11) is 0. The predicted octanol–water partition coefficient (Wildman–Crippen LogP) is 3.22. The maximum absolute atomic E-state index is 13.6. The summed E-state index contributed by atoms with van der Waals surface area (Å²) in [5.74, 6) is 0.606. The molecule has 0 aliphatic carbocycles. The van der Waals surface area contributed by atoms with E-state index >= 15 is 0 Å². The number of aromatic nitrogens is 3. The third-order valence-corrected chi connectivity index (χ3v) is 2.89. The van der Waals surface area contributed by atoms with Crippen molar-refractivity contribution >= 4 is 18.4 Å². The van der Waals surface area contributed by atoms with Crippen LogP contribution in [-0.4, -0.2) is 21.1 Å². The van der Waals surface area contributed by atoms with E-state index in [1.54, 1.807) is 30.3 Å². The molecule has 2 heterocycles. The van der Waals surface area contributed by atoms with E-state index in [2.05, 4.69) is 15.3 Å². The molecular formula is C13H9FN4OS. The Morgan fingerprint density at radius 1 is 1.30 bits per heavy atom. The van der Waals surface area contributed by atoms with Gasteiger partial charge in [-0.1, -0.05) is 12.1 Å². The number of nitrogens with zero attached hydrogens (tertiary/aromatic N) is 3. The molecule has 0 aliphatic rings. The first kappa shape index (κ1) is 12.5. The minimum Gasteiger partial charge on any atom is -0.455 e. The first-order chi connectivity index (χ1) is 9.74. The minimum absolute atomic E-state index is 0.331. The van der Waals surface area contributed by atoms with Gasteiger partial charge in [-0.05, 0) is 36.5 Å². The predicted molar refractivity (Wildman–Crippen MR) is 74.5 cm³/mol. The highest BCUT2D eigenvalue weighted by molar-refractivity contribution is 7.71. The Hall–Kier alpha value is -2.54. The smallest absolute Gasteiger partial charge is 0.216 e. The summed E-state index contributed by atoms with van der Waals surface area (Å²) in [6.07, 6.45) is 2.93. The lowest BCUT2D eigenvalue weighted by molar-refractivity contribution is 0.563. The van der Waals surface area contributed by atoms with Gasteiger partial charge in [0.05, 0.1) is 11.8 Å². The first-order valence-corrected chi connectivity index (χ1v) is 6.16. The van der Waals surface area contributed by atoms with Crippen LogP contribution >= 0.6 is 12.2 Å². The molecule has 0 saturated heterocycles. The fourth-order valence-corrected chi connectivity index (χ4v) is 1.82. The molecule has 3 rings (SSSR count). The SMILES string of the molecule is Fc1ccccc1-c1ccc(/C=N\n2cn[nH]c2=S)o1. The average molecular weight is 288 g/mol. The number of nitrogens with one attached hydrogen (secondary N) is 1. The van der Waals surface area contributed by atoms with Crippen LogP contribution in [0, 0.1) is 10.6 Å². The number of aromatic amines is 1. The summed E-state index contributed by atoms with van der Waals surface area (Å²) in [4.78, 5) is 0. The number of furan rings is 1. The molecule has 0 unspecified atom stereocenters. The van der Waals surface area contributed by atoms with Crippen molar-refractivity contribution in [2.45, 2.75) is 0 Å². The number of rotatable bonds is 3. The summed E-state index contributed by atoms with van der Waals surface area (Å²) in [6.45, 7) is 0. The Kier molecular flexibility index (Phi) is 3.26. The minimum atomic E-state index is -0.331. The Labute approximate surface area is 118 Å². The fourth-order valence-electron chi connectivity index (χ4n) is 1.67. The molecular weight excluding hydrogens is 279 g/mol. The highest BCUT2D eigenvalue weighted by atomic mass is 32.1. The van der Waals surface area contributed by atoms with Crippen molar-refractivity contribution < 1.29 is 8.81 Å². The average Bonchev–Trinajstić information content (AvgIpc) is 3.06. The first-order valence-electron chi connectivity index (χ1n) is 5.75. The molecule has 20 heavy (non-hydrogen) atoms. The molecule has 0 atom stereocenters. The van der Waals surface area contributed by atoms with E-state index in [1.165, 1.54) is 23.3 Å². The van der Waals surface area contributed by atoms with Crippen LogP contribution in [0.15, 0.2) is 52.2 Å². The summed E-state index contributed by atoms with van der Waals surface area (Å²) in [5.41, 5.74) is 0.409. The van der Waals surface area contributed by atoms with Crippen LogP contribution in [0.5, 0.6) is 0 Å². The number of benzene rings is 1. The number of hydrogen-bond donors (Lipinski definition) is 1. The third kappa shape index (κ3) is 2.43. The molecule has 0 radical (unpaired) electrons. The Bertz CT molecular complexity index is 817. The van der Waals surface area contributed by atoms with Gasteiger partial charge in [0.2, 0.25) is 4.77 Å². The number of halogens is 1. The Morgan fingerprint density at radius 3 is 2.90 bits per heavy atom. The zero-order valence-electron chi connectivity index (χ0n) is 10.2. The largest absolute Gasteiger partial charge is 0.455 e. The van der Waals surface area contributed by atoms with E-state index in [1.807, 2.05) is 0 Å². The summed E-state index contributed by atoms with van der Waals surface area (Å²) in [5, 5.41) is 10.4. The topological polar surface area (TPSA) is 59.1 Å².